The van der Waals surface area contributed by atoms with Gasteiger partial charge in [-0.15, -0.1) is 0 Å². The van der Waals surface area contributed by atoms with E-state index in [9.17, 15) is 5.11 Å². The summed E-state index contributed by atoms with van der Waals surface area (Å²) in [6.07, 6.45) is 4.97. The number of benzene rings is 2. The Bertz CT molecular complexity index is 755. The molecule has 0 bridgehead atoms. The van der Waals surface area contributed by atoms with Crippen LogP contribution in [0.25, 0.3) is 0 Å². The number of phenolic OH excluding ortho intramolecular Hbond substituents is 1. The van der Waals surface area contributed by atoms with Crippen LogP contribution in [0.15, 0.2) is 42.5 Å². The van der Waals surface area contributed by atoms with E-state index in [-0.39, 0.29) is 6.10 Å². The molecule has 0 amide bonds. The van der Waals surface area contributed by atoms with Gasteiger partial charge in [-0.05, 0) is 68.4 Å². The van der Waals surface area contributed by atoms with Gasteiger partial charge in [-0.3, -0.25) is 4.90 Å². The molecule has 2 fully saturated rings. The lowest BCUT2D eigenvalue weighted by Crippen LogP contribution is -2.46. The largest absolute Gasteiger partial charge is 0.508 e. The molecule has 2 saturated heterocycles. The van der Waals surface area contributed by atoms with Crippen molar-refractivity contribution in [2.75, 3.05) is 13.2 Å². The Labute approximate surface area is 156 Å². The summed E-state index contributed by atoms with van der Waals surface area (Å²) in [6, 6.07) is 15.5. The lowest BCUT2D eigenvalue weighted by atomic mass is 9.98. The quantitative estimate of drug-likeness (QED) is 0.877. The van der Waals surface area contributed by atoms with Crippen molar-refractivity contribution in [1.82, 2.24) is 4.90 Å². The maximum absolute atomic E-state index is 9.55. The minimum Gasteiger partial charge on any atom is -0.508 e. The van der Waals surface area contributed by atoms with Gasteiger partial charge in [-0.1, -0.05) is 35.9 Å². The van der Waals surface area contributed by atoms with Gasteiger partial charge >= 0.3 is 0 Å². The van der Waals surface area contributed by atoms with Crippen LogP contribution in [0, 0.1) is 13.8 Å². The van der Waals surface area contributed by atoms with Crippen LogP contribution >= 0.6 is 0 Å². The van der Waals surface area contributed by atoms with Gasteiger partial charge < -0.3 is 9.84 Å². The first kappa shape index (κ1) is 17.6. The van der Waals surface area contributed by atoms with Crippen molar-refractivity contribution >= 4 is 0 Å². The molecule has 0 radical (unpaired) electrons. The van der Waals surface area contributed by atoms with E-state index >= 15 is 0 Å². The molecule has 2 aliphatic rings. The number of aryl methyl sites for hydroxylation is 3. The Hall–Kier alpha value is -1.84. The molecule has 0 unspecified atom stereocenters. The summed E-state index contributed by atoms with van der Waals surface area (Å²) in [6.45, 7) is 6.24. The molecule has 0 aromatic heterocycles. The van der Waals surface area contributed by atoms with Crippen molar-refractivity contribution in [2.45, 2.75) is 57.7 Å². The molecule has 0 saturated carbocycles. The molecular formula is C23H29NO2. The molecular weight excluding hydrogens is 322 g/mol. The van der Waals surface area contributed by atoms with E-state index in [1.165, 1.54) is 41.5 Å². The monoisotopic (exact) mass is 351 g/mol. The first-order valence-corrected chi connectivity index (χ1v) is 9.84. The van der Waals surface area contributed by atoms with Gasteiger partial charge in [-0.25, -0.2) is 0 Å². The second kappa shape index (κ2) is 7.42. The van der Waals surface area contributed by atoms with Crippen LogP contribution < -0.4 is 0 Å². The second-order valence-corrected chi connectivity index (χ2v) is 7.89. The normalized spacial score (nSPS) is 26.0. The van der Waals surface area contributed by atoms with E-state index in [0.29, 0.717) is 17.8 Å². The third kappa shape index (κ3) is 3.51. The Balaban J connectivity index is 1.44. The minimum atomic E-state index is 0.134. The summed E-state index contributed by atoms with van der Waals surface area (Å²) in [5, 5.41) is 9.55. The average molecular weight is 351 g/mol. The zero-order chi connectivity index (χ0) is 18.1. The Kier molecular flexibility index (Phi) is 5.01. The van der Waals surface area contributed by atoms with Crippen molar-refractivity contribution in [3.05, 3.63) is 64.7 Å². The van der Waals surface area contributed by atoms with Crippen LogP contribution in [-0.2, 0) is 11.2 Å². The van der Waals surface area contributed by atoms with Crippen LogP contribution in [0.3, 0.4) is 0 Å². The number of aromatic hydroxyl groups is 1. The highest BCUT2D eigenvalue weighted by Gasteiger charge is 2.41. The van der Waals surface area contributed by atoms with E-state index in [1.807, 2.05) is 12.1 Å². The highest BCUT2D eigenvalue weighted by Crippen LogP contribution is 2.39. The van der Waals surface area contributed by atoms with Gasteiger partial charge in [0.15, 0.2) is 0 Å². The fraction of sp³-hybridized carbons (Fsp3) is 0.478. The summed E-state index contributed by atoms with van der Waals surface area (Å²) in [5.74, 6) is 0.319. The van der Waals surface area contributed by atoms with E-state index < -0.39 is 0 Å². The maximum Gasteiger partial charge on any atom is 0.115 e. The Morgan fingerprint density at radius 3 is 2.69 bits per heavy atom. The lowest BCUT2D eigenvalue weighted by Gasteiger charge is -2.39. The molecule has 1 N–H and O–H groups in total. The number of phenols is 1. The number of hydrogen-bond acceptors (Lipinski definition) is 3. The van der Waals surface area contributed by atoms with Crippen LogP contribution in [0.2, 0.25) is 0 Å². The summed E-state index contributed by atoms with van der Waals surface area (Å²) >= 11 is 0. The van der Waals surface area contributed by atoms with Crippen LogP contribution in [0.5, 0.6) is 5.75 Å². The highest BCUT2D eigenvalue weighted by molar-refractivity contribution is 5.31. The number of hydrogen-bond donors (Lipinski definition) is 1. The van der Waals surface area contributed by atoms with Crippen molar-refractivity contribution in [2.24, 2.45) is 0 Å². The SMILES string of the molecule is Cc1ccc(C)c(CC[C@@H]2CC[C@H]3[C@@H](c4ccc(O)cc4)OCCN23)c1. The topological polar surface area (TPSA) is 32.7 Å². The number of nitrogens with zero attached hydrogens (tertiary/aromatic N) is 1. The third-order valence-electron chi connectivity index (χ3n) is 6.16. The first-order valence-electron chi connectivity index (χ1n) is 9.84. The van der Waals surface area contributed by atoms with Crippen LogP contribution in [0.1, 0.15) is 47.6 Å². The maximum atomic E-state index is 9.55. The molecule has 2 aromatic carbocycles. The predicted octanol–water partition coefficient (Wildman–Crippen LogP) is 4.55. The highest BCUT2D eigenvalue weighted by atomic mass is 16.5. The lowest BCUT2D eigenvalue weighted by molar-refractivity contribution is -0.0686. The molecule has 3 heteroatoms. The second-order valence-electron chi connectivity index (χ2n) is 7.89. The van der Waals surface area contributed by atoms with E-state index in [0.717, 1.165) is 19.6 Å². The van der Waals surface area contributed by atoms with Gasteiger partial charge in [0.25, 0.3) is 0 Å². The minimum absolute atomic E-state index is 0.134. The molecule has 3 nitrogen and oxygen atoms in total. The molecule has 2 heterocycles. The average Bonchev–Trinajstić information content (AvgIpc) is 3.06. The van der Waals surface area contributed by atoms with E-state index in [2.05, 4.69) is 36.9 Å². The summed E-state index contributed by atoms with van der Waals surface area (Å²) in [7, 11) is 0. The molecule has 0 aliphatic carbocycles. The van der Waals surface area contributed by atoms with E-state index in [4.69, 9.17) is 4.74 Å². The molecule has 2 aromatic rings. The molecule has 2 aliphatic heterocycles. The fourth-order valence-corrected chi connectivity index (χ4v) is 4.72. The van der Waals surface area contributed by atoms with Crippen LogP contribution in [0.4, 0.5) is 0 Å². The number of fused-ring (bicyclic) bond motifs is 1. The van der Waals surface area contributed by atoms with Crippen LogP contribution in [-0.4, -0.2) is 35.2 Å². The molecule has 138 valence electrons. The Morgan fingerprint density at radius 2 is 1.88 bits per heavy atom. The van der Waals surface area contributed by atoms with E-state index in [1.54, 1.807) is 12.1 Å². The Morgan fingerprint density at radius 1 is 1.08 bits per heavy atom. The first-order chi connectivity index (χ1) is 12.6. The van der Waals surface area contributed by atoms with Gasteiger partial charge in [0.1, 0.15) is 5.75 Å². The summed E-state index contributed by atoms with van der Waals surface area (Å²) < 4.78 is 6.14. The van der Waals surface area contributed by atoms with Gasteiger partial charge in [0.2, 0.25) is 0 Å². The fourth-order valence-electron chi connectivity index (χ4n) is 4.72. The number of morpholine rings is 1. The molecule has 0 spiro atoms. The third-order valence-corrected chi connectivity index (χ3v) is 6.16. The summed E-state index contributed by atoms with van der Waals surface area (Å²) in [5.41, 5.74) is 5.45. The zero-order valence-electron chi connectivity index (χ0n) is 15.8. The van der Waals surface area contributed by atoms with Crippen molar-refractivity contribution in [3.8, 4) is 5.75 Å². The van der Waals surface area contributed by atoms with Gasteiger partial charge in [0, 0.05) is 18.6 Å². The zero-order valence-corrected chi connectivity index (χ0v) is 15.8. The number of ether oxygens (including phenoxy) is 1. The summed E-state index contributed by atoms with van der Waals surface area (Å²) in [4.78, 5) is 2.69. The van der Waals surface area contributed by atoms with Crippen molar-refractivity contribution < 1.29 is 9.84 Å². The van der Waals surface area contributed by atoms with Crippen molar-refractivity contribution in [1.29, 1.82) is 0 Å². The molecule has 3 atom stereocenters. The van der Waals surface area contributed by atoms with Gasteiger partial charge in [-0.2, -0.15) is 0 Å². The predicted molar refractivity (Wildman–Crippen MR) is 105 cm³/mol. The standard InChI is InChI=1S/C23H29NO2/c1-16-3-4-17(2)19(15-16)5-8-20-9-12-22-23(26-14-13-24(20)22)18-6-10-21(25)11-7-18/h3-4,6-7,10-11,15,20,22-23,25H,5,8-9,12-14H2,1-2H3/t20-,22+,23-/m1/s1. The number of rotatable bonds is 4. The van der Waals surface area contributed by atoms with Gasteiger partial charge in [0.05, 0.1) is 12.7 Å². The molecule has 26 heavy (non-hydrogen) atoms. The van der Waals surface area contributed by atoms with Crippen molar-refractivity contribution in [3.63, 3.8) is 0 Å². The molecule has 4 rings (SSSR count). The smallest absolute Gasteiger partial charge is 0.115 e.